The van der Waals surface area contributed by atoms with E-state index in [0.29, 0.717) is 18.0 Å². The van der Waals surface area contributed by atoms with Crippen molar-refractivity contribution < 1.29 is 23.9 Å². The van der Waals surface area contributed by atoms with E-state index in [1.54, 1.807) is 45.0 Å². The maximum Gasteiger partial charge on any atom is 0.340 e. The number of piperidine rings is 1. The highest BCUT2D eigenvalue weighted by Gasteiger charge is 2.32. The summed E-state index contributed by atoms with van der Waals surface area (Å²) in [5.41, 5.74) is 0.878. The highest BCUT2D eigenvalue weighted by atomic mass is 16.6. The van der Waals surface area contributed by atoms with Gasteiger partial charge in [0.15, 0.2) is 0 Å². The minimum Gasteiger partial charge on any atom is -0.489 e. The molecule has 210 valence electrons. The number of urea groups is 1. The quantitative estimate of drug-likeness (QED) is 0.539. The van der Waals surface area contributed by atoms with Crippen LogP contribution in [0.15, 0.2) is 48.5 Å². The first-order chi connectivity index (χ1) is 18.4. The third-order valence-electron chi connectivity index (χ3n) is 6.80. The second-order valence-electron chi connectivity index (χ2n) is 12.1. The zero-order valence-electron chi connectivity index (χ0n) is 23.6. The Labute approximate surface area is 230 Å². The molecule has 2 N–H and O–H groups in total. The molecule has 1 atom stereocenters. The molecule has 0 radical (unpaired) electrons. The standard InChI is InChI=1S/C30H40N4O5/c1-29(2,3)39-27(36)22-11-6-7-12-23(22)32-28(37)31-21-17-34(24-13-8-9-14-25(24)38-19-21)18-26(35)33-16-10-15-30(4,5)20-33/h6-9,11-14,21H,10,15-20H2,1-5H3,(H2,31,32,37)/t21-/m1/s1. The second-order valence-corrected chi connectivity index (χ2v) is 12.1. The number of hydrogen-bond donors (Lipinski definition) is 2. The van der Waals surface area contributed by atoms with Crippen LogP contribution >= 0.6 is 0 Å². The summed E-state index contributed by atoms with van der Waals surface area (Å²) in [4.78, 5) is 43.0. The summed E-state index contributed by atoms with van der Waals surface area (Å²) in [5, 5.41) is 5.74. The van der Waals surface area contributed by atoms with E-state index in [-0.39, 0.29) is 30.0 Å². The van der Waals surface area contributed by atoms with Crippen LogP contribution in [0.5, 0.6) is 5.75 Å². The van der Waals surface area contributed by atoms with Gasteiger partial charge in [-0.15, -0.1) is 0 Å². The van der Waals surface area contributed by atoms with Gasteiger partial charge in [0, 0.05) is 19.6 Å². The number of amides is 3. The molecule has 0 aromatic heterocycles. The molecule has 39 heavy (non-hydrogen) atoms. The molecule has 0 unspecified atom stereocenters. The van der Waals surface area contributed by atoms with Gasteiger partial charge in [-0.25, -0.2) is 9.59 Å². The third kappa shape index (κ3) is 7.65. The molecule has 3 amide bonds. The van der Waals surface area contributed by atoms with Crippen LogP contribution in [0.4, 0.5) is 16.2 Å². The molecular formula is C30H40N4O5. The molecular weight excluding hydrogens is 496 g/mol. The predicted molar refractivity (Wildman–Crippen MR) is 151 cm³/mol. The van der Waals surface area contributed by atoms with Crippen molar-refractivity contribution in [2.75, 3.05) is 43.0 Å². The zero-order valence-corrected chi connectivity index (χ0v) is 23.6. The Morgan fingerprint density at radius 2 is 1.79 bits per heavy atom. The highest BCUT2D eigenvalue weighted by Crippen LogP contribution is 2.32. The van der Waals surface area contributed by atoms with Crippen molar-refractivity contribution in [3.8, 4) is 5.75 Å². The lowest BCUT2D eigenvalue weighted by molar-refractivity contribution is -0.132. The van der Waals surface area contributed by atoms with E-state index < -0.39 is 23.6 Å². The van der Waals surface area contributed by atoms with E-state index in [9.17, 15) is 14.4 Å². The number of ether oxygens (including phenoxy) is 2. The van der Waals surface area contributed by atoms with Gasteiger partial charge in [0.05, 0.1) is 29.5 Å². The van der Waals surface area contributed by atoms with Gasteiger partial charge in [-0.1, -0.05) is 38.1 Å². The predicted octanol–water partition coefficient (Wildman–Crippen LogP) is 4.68. The van der Waals surface area contributed by atoms with Gasteiger partial charge in [0.25, 0.3) is 0 Å². The number of carbonyl (C=O) groups excluding carboxylic acids is 3. The maximum atomic E-state index is 13.3. The molecule has 2 aliphatic heterocycles. The fourth-order valence-corrected chi connectivity index (χ4v) is 5.03. The summed E-state index contributed by atoms with van der Waals surface area (Å²) in [5.74, 6) is 0.218. The second kappa shape index (κ2) is 11.6. The Bertz CT molecular complexity index is 1210. The van der Waals surface area contributed by atoms with Gasteiger partial charge in [0.2, 0.25) is 5.91 Å². The van der Waals surface area contributed by atoms with E-state index in [2.05, 4.69) is 24.5 Å². The number of para-hydroxylation sites is 3. The minimum atomic E-state index is -0.663. The van der Waals surface area contributed by atoms with Crippen LogP contribution in [0.25, 0.3) is 0 Å². The van der Waals surface area contributed by atoms with Crippen molar-refractivity contribution in [1.82, 2.24) is 10.2 Å². The summed E-state index contributed by atoms with van der Waals surface area (Å²) < 4.78 is 11.5. The highest BCUT2D eigenvalue weighted by molar-refractivity contribution is 6.01. The van der Waals surface area contributed by atoms with Crippen LogP contribution in [0.2, 0.25) is 0 Å². The van der Waals surface area contributed by atoms with E-state index in [1.165, 1.54) is 0 Å². The summed E-state index contributed by atoms with van der Waals surface area (Å²) in [6, 6.07) is 13.5. The molecule has 0 aliphatic carbocycles. The monoisotopic (exact) mass is 536 g/mol. The van der Waals surface area contributed by atoms with Crippen LogP contribution in [0, 0.1) is 5.41 Å². The van der Waals surface area contributed by atoms with Crippen molar-refractivity contribution >= 4 is 29.3 Å². The molecule has 0 spiro atoms. The lowest BCUT2D eigenvalue weighted by Gasteiger charge is -2.39. The Hall–Kier alpha value is -3.75. The molecule has 2 aliphatic rings. The van der Waals surface area contributed by atoms with Crippen LogP contribution in [-0.4, -0.2) is 67.2 Å². The first-order valence-electron chi connectivity index (χ1n) is 13.5. The fourth-order valence-electron chi connectivity index (χ4n) is 5.03. The van der Waals surface area contributed by atoms with Crippen molar-refractivity contribution in [1.29, 1.82) is 0 Å². The Kier molecular flexibility index (Phi) is 8.37. The topological polar surface area (TPSA) is 100 Å². The Morgan fingerprint density at radius 3 is 2.54 bits per heavy atom. The fraction of sp³-hybridized carbons (Fsp3) is 0.500. The minimum absolute atomic E-state index is 0.0639. The number of esters is 1. The Balaban J connectivity index is 1.45. The molecule has 1 saturated heterocycles. The smallest absolute Gasteiger partial charge is 0.340 e. The molecule has 0 bridgehead atoms. The number of hydrogen-bond acceptors (Lipinski definition) is 6. The molecule has 1 fully saturated rings. The molecule has 4 rings (SSSR count). The van der Waals surface area contributed by atoms with Gasteiger partial charge in [-0.2, -0.15) is 0 Å². The number of anilines is 2. The molecule has 9 heteroatoms. The van der Waals surface area contributed by atoms with E-state index in [4.69, 9.17) is 9.47 Å². The van der Waals surface area contributed by atoms with Crippen LogP contribution < -0.4 is 20.3 Å². The average Bonchev–Trinajstić information content (AvgIpc) is 3.02. The SMILES string of the molecule is CC1(C)CCCN(C(=O)CN2C[C@@H](NC(=O)Nc3ccccc3C(=O)OC(C)(C)C)COc3ccccc32)C1. The van der Waals surface area contributed by atoms with Crippen molar-refractivity contribution in [3.05, 3.63) is 54.1 Å². The lowest BCUT2D eigenvalue weighted by Crippen LogP contribution is -2.51. The van der Waals surface area contributed by atoms with Gasteiger partial charge < -0.3 is 29.9 Å². The summed E-state index contributed by atoms with van der Waals surface area (Å²) in [6.07, 6.45) is 2.10. The number of nitrogens with one attached hydrogen (secondary N) is 2. The largest absolute Gasteiger partial charge is 0.489 e. The van der Waals surface area contributed by atoms with Crippen LogP contribution in [-0.2, 0) is 9.53 Å². The average molecular weight is 537 g/mol. The molecule has 2 aromatic rings. The first kappa shape index (κ1) is 28.3. The maximum absolute atomic E-state index is 13.3. The molecule has 9 nitrogen and oxygen atoms in total. The number of benzene rings is 2. The van der Waals surface area contributed by atoms with Crippen LogP contribution in [0.3, 0.4) is 0 Å². The van der Waals surface area contributed by atoms with Crippen LogP contribution in [0.1, 0.15) is 57.8 Å². The Morgan fingerprint density at radius 1 is 1.08 bits per heavy atom. The number of rotatable bonds is 5. The molecule has 2 aromatic carbocycles. The molecule has 2 heterocycles. The number of likely N-dealkylation sites (tertiary alicyclic amines) is 1. The number of fused-ring (bicyclic) bond motifs is 1. The van der Waals surface area contributed by atoms with E-state index in [0.717, 1.165) is 31.6 Å². The zero-order chi connectivity index (χ0) is 28.2. The van der Waals surface area contributed by atoms with Gasteiger partial charge in [-0.05, 0) is 63.3 Å². The first-order valence-corrected chi connectivity index (χ1v) is 13.5. The van der Waals surface area contributed by atoms with Crippen molar-refractivity contribution in [2.45, 2.75) is 59.1 Å². The molecule has 0 saturated carbocycles. The van der Waals surface area contributed by atoms with Gasteiger partial charge in [-0.3, -0.25) is 4.79 Å². The lowest BCUT2D eigenvalue weighted by atomic mass is 9.84. The third-order valence-corrected chi connectivity index (χ3v) is 6.80. The van der Waals surface area contributed by atoms with E-state index >= 15 is 0 Å². The van der Waals surface area contributed by atoms with Crippen molar-refractivity contribution in [2.24, 2.45) is 5.41 Å². The summed E-state index contributed by atoms with van der Waals surface area (Å²) in [7, 11) is 0. The van der Waals surface area contributed by atoms with E-state index in [1.807, 2.05) is 34.1 Å². The van der Waals surface area contributed by atoms with Gasteiger partial charge in [0.1, 0.15) is 18.0 Å². The number of nitrogens with zero attached hydrogens (tertiary/aromatic N) is 2. The normalized spacial score (nSPS) is 18.7. The van der Waals surface area contributed by atoms with Gasteiger partial charge >= 0.3 is 12.0 Å². The van der Waals surface area contributed by atoms with Crippen molar-refractivity contribution in [3.63, 3.8) is 0 Å². The number of carbonyl (C=O) groups is 3. The summed E-state index contributed by atoms with van der Waals surface area (Å²) in [6.45, 7) is 12.1. The summed E-state index contributed by atoms with van der Waals surface area (Å²) >= 11 is 0.